The number of sulfonamides is 1. The van der Waals surface area contributed by atoms with Gasteiger partial charge in [0.25, 0.3) is 5.91 Å². The Labute approximate surface area is 202 Å². The number of hydrogen-bond donors (Lipinski definition) is 0. The van der Waals surface area contributed by atoms with Crippen molar-refractivity contribution in [1.82, 2.24) is 9.21 Å². The van der Waals surface area contributed by atoms with Crippen LogP contribution in [-0.2, 0) is 30.9 Å². The van der Waals surface area contributed by atoms with Crippen molar-refractivity contribution in [2.24, 2.45) is 5.92 Å². The van der Waals surface area contributed by atoms with Gasteiger partial charge in [-0.2, -0.15) is 4.31 Å². The zero-order chi connectivity index (χ0) is 25.0. The van der Waals surface area contributed by atoms with Crippen LogP contribution in [0.25, 0.3) is 0 Å². The van der Waals surface area contributed by atoms with Crippen LogP contribution in [0, 0.1) is 33.6 Å². The molecule has 1 aliphatic heterocycles. The lowest BCUT2D eigenvalue weighted by Crippen LogP contribution is -2.41. The van der Waals surface area contributed by atoms with E-state index in [4.69, 9.17) is 4.74 Å². The SMILES string of the molecule is Cc1cc(C)c(C)c(S(=O)(=O)N2CCC(C(=O)OCC(=O)N(C)Cc3ccccc3)CC2)c1C. The molecule has 0 aromatic heterocycles. The summed E-state index contributed by atoms with van der Waals surface area (Å²) in [5.41, 5.74) is 4.42. The molecule has 0 spiro atoms. The van der Waals surface area contributed by atoms with E-state index in [2.05, 4.69) is 0 Å². The van der Waals surface area contributed by atoms with Gasteiger partial charge < -0.3 is 9.64 Å². The molecule has 2 aromatic rings. The zero-order valence-corrected chi connectivity index (χ0v) is 21.4. The summed E-state index contributed by atoms with van der Waals surface area (Å²) in [6, 6.07) is 11.6. The second-order valence-electron chi connectivity index (χ2n) is 9.11. The van der Waals surface area contributed by atoms with Crippen molar-refractivity contribution in [3.05, 3.63) is 64.2 Å². The summed E-state index contributed by atoms with van der Waals surface area (Å²) in [6.45, 7) is 8.12. The number of rotatable bonds is 7. The van der Waals surface area contributed by atoms with Gasteiger partial charge in [-0.15, -0.1) is 0 Å². The van der Waals surface area contributed by atoms with E-state index in [1.807, 2.05) is 64.1 Å². The fraction of sp³-hybridized carbons (Fsp3) is 0.462. The van der Waals surface area contributed by atoms with Crippen LogP contribution < -0.4 is 0 Å². The highest BCUT2D eigenvalue weighted by Gasteiger charge is 2.35. The van der Waals surface area contributed by atoms with Gasteiger partial charge in [0.05, 0.1) is 10.8 Å². The van der Waals surface area contributed by atoms with E-state index in [0.29, 0.717) is 24.3 Å². The summed E-state index contributed by atoms with van der Waals surface area (Å²) in [4.78, 5) is 26.8. The fourth-order valence-corrected chi connectivity index (χ4v) is 6.38. The van der Waals surface area contributed by atoms with Crippen molar-refractivity contribution < 1.29 is 22.7 Å². The first kappa shape index (κ1) is 25.9. The van der Waals surface area contributed by atoms with E-state index < -0.39 is 21.9 Å². The number of amides is 1. The summed E-state index contributed by atoms with van der Waals surface area (Å²) < 4.78 is 33.6. The topological polar surface area (TPSA) is 84.0 Å². The van der Waals surface area contributed by atoms with Crippen LogP contribution in [0.1, 0.15) is 40.7 Å². The molecule has 0 unspecified atom stereocenters. The van der Waals surface area contributed by atoms with Crippen LogP contribution in [0.15, 0.2) is 41.3 Å². The third-order valence-corrected chi connectivity index (χ3v) is 8.88. The lowest BCUT2D eigenvalue weighted by molar-refractivity contribution is -0.156. The number of likely N-dealkylation sites (N-methyl/N-ethyl adjacent to an activating group) is 1. The molecule has 7 nitrogen and oxygen atoms in total. The molecule has 1 amide bonds. The van der Waals surface area contributed by atoms with E-state index >= 15 is 0 Å². The number of piperidine rings is 1. The molecule has 8 heteroatoms. The Morgan fingerprint density at radius 2 is 1.56 bits per heavy atom. The Morgan fingerprint density at radius 1 is 1.00 bits per heavy atom. The number of carbonyl (C=O) groups excluding carboxylic acids is 2. The lowest BCUT2D eigenvalue weighted by Gasteiger charge is -2.31. The summed E-state index contributed by atoms with van der Waals surface area (Å²) in [5.74, 6) is -1.14. The molecule has 34 heavy (non-hydrogen) atoms. The number of hydrogen-bond acceptors (Lipinski definition) is 5. The monoisotopic (exact) mass is 486 g/mol. The highest BCUT2D eigenvalue weighted by Crippen LogP contribution is 2.31. The zero-order valence-electron chi connectivity index (χ0n) is 20.6. The third kappa shape index (κ3) is 5.67. The largest absolute Gasteiger partial charge is 0.455 e. The van der Waals surface area contributed by atoms with Crippen molar-refractivity contribution in [2.45, 2.75) is 52.0 Å². The number of esters is 1. The van der Waals surface area contributed by atoms with Crippen molar-refractivity contribution in [2.75, 3.05) is 26.7 Å². The molecule has 0 saturated carbocycles. The maximum atomic E-state index is 13.4. The van der Waals surface area contributed by atoms with Gasteiger partial charge in [-0.25, -0.2) is 8.42 Å². The minimum atomic E-state index is -3.66. The molecule has 2 aromatic carbocycles. The van der Waals surface area contributed by atoms with Gasteiger partial charge in [-0.1, -0.05) is 36.4 Å². The molecule has 0 aliphatic carbocycles. The van der Waals surface area contributed by atoms with Gasteiger partial charge in [-0.05, 0) is 68.4 Å². The molecule has 0 bridgehead atoms. The van der Waals surface area contributed by atoms with Crippen LogP contribution in [0.4, 0.5) is 0 Å². The van der Waals surface area contributed by atoms with E-state index in [-0.39, 0.29) is 25.6 Å². The van der Waals surface area contributed by atoms with Gasteiger partial charge in [0.15, 0.2) is 6.61 Å². The van der Waals surface area contributed by atoms with E-state index in [9.17, 15) is 18.0 Å². The summed E-state index contributed by atoms with van der Waals surface area (Å²) >= 11 is 0. The van der Waals surface area contributed by atoms with E-state index in [0.717, 1.165) is 27.8 Å². The fourth-order valence-electron chi connectivity index (χ4n) is 4.33. The van der Waals surface area contributed by atoms with Gasteiger partial charge in [0.2, 0.25) is 10.0 Å². The van der Waals surface area contributed by atoms with Crippen molar-refractivity contribution in [1.29, 1.82) is 0 Å². The quantitative estimate of drug-likeness (QED) is 0.559. The first-order chi connectivity index (χ1) is 16.0. The molecule has 184 valence electrons. The van der Waals surface area contributed by atoms with E-state index in [1.54, 1.807) is 7.05 Å². The number of aryl methyl sites for hydroxylation is 2. The second-order valence-corrected chi connectivity index (χ2v) is 11.0. The summed E-state index contributed by atoms with van der Waals surface area (Å²) in [5, 5.41) is 0. The minimum Gasteiger partial charge on any atom is -0.455 e. The lowest BCUT2D eigenvalue weighted by atomic mass is 9.98. The molecule has 1 saturated heterocycles. The highest BCUT2D eigenvalue weighted by atomic mass is 32.2. The number of nitrogens with zero attached hydrogens (tertiary/aromatic N) is 2. The first-order valence-electron chi connectivity index (χ1n) is 11.5. The van der Waals surface area contributed by atoms with Crippen LogP contribution in [0.2, 0.25) is 0 Å². The predicted octanol–water partition coefficient (Wildman–Crippen LogP) is 3.52. The average Bonchev–Trinajstić information content (AvgIpc) is 2.81. The molecule has 1 aliphatic rings. The highest BCUT2D eigenvalue weighted by molar-refractivity contribution is 7.89. The van der Waals surface area contributed by atoms with Gasteiger partial charge in [0.1, 0.15) is 0 Å². The standard InChI is InChI=1S/C26H34N2O5S/c1-18-15-19(2)21(4)25(20(18)3)34(31,32)28-13-11-23(12-14-28)26(30)33-17-24(29)27(5)16-22-9-7-6-8-10-22/h6-10,15,23H,11-14,16-17H2,1-5H3. The predicted molar refractivity (Wildman–Crippen MR) is 131 cm³/mol. The maximum absolute atomic E-state index is 13.4. The normalized spacial score (nSPS) is 15.2. The summed E-state index contributed by atoms with van der Waals surface area (Å²) in [7, 11) is -1.99. The van der Waals surface area contributed by atoms with Crippen molar-refractivity contribution >= 4 is 21.9 Å². The Morgan fingerprint density at radius 3 is 2.12 bits per heavy atom. The van der Waals surface area contributed by atoms with Crippen molar-refractivity contribution in [3.8, 4) is 0 Å². The van der Waals surface area contributed by atoms with Crippen LogP contribution in [0.3, 0.4) is 0 Å². The van der Waals surface area contributed by atoms with Gasteiger partial charge in [0, 0.05) is 26.7 Å². The van der Waals surface area contributed by atoms with Crippen LogP contribution in [0.5, 0.6) is 0 Å². The molecule has 1 fully saturated rings. The summed E-state index contributed by atoms with van der Waals surface area (Å²) in [6.07, 6.45) is 0.740. The average molecular weight is 487 g/mol. The Balaban J connectivity index is 1.55. The third-order valence-electron chi connectivity index (χ3n) is 6.71. The molecule has 0 atom stereocenters. The maximum Gasteiger partial charge on any atom is 0.309 e. The van der Waals surface area contributed by atoms with Gasteiger partial charge >= 0.3 is 5.97 Å². The number of carbonyl (C=O) groups is 2. The van der Waals surface area contributed by atoms with E-state index in [1.165, 1.54) is 9.21 Å². The first-order valence-corrected chi connectivity index (χ1v) is 13.0. The van der Waals surface area contributed by atoms with Crippen LogP contribution >= 0.6 is 0 Å². The molecule has 1 heterocycles. The molecule has 0 radical (unpaired) electrons. The van der Waals surface area contributed by atoms with Gasteiger partial charge in [-0.3, -0.25) is 9.59 Å². The second kappa shape index (κ2) is 10.7. The van der Waals surface area contributed by atoms with Crippen molar-refractivity contribution in [3.63, 3.8) is 0 Å². The minimum absolute atomic E-state index is 0.246. The Kier molecular flexibility index (Phi) is 8.15. The molecular weight excluding hydrogens is 452 g/mol. The number of benzene rings is 2. The Bertz CT molecular complexity index is 1130. The smallest absolute Gasteiger partial charge is 0.309 e. The molecule has 3 rings (SSSR count). The number of ether oxygens (including phenoxy) is 1. The molecular formula is C26H34N2O5S. The Hall–Kier alpha value is -2.71. The van der Waals surface area contributed by atoms with Crippen LogP contribution in [-0.4, -0.2) is 56.2 Å². The molecule has 0 N–H and O–H groups in total.